The Morgan fingerprint density at radius 3 is 2.40 bits per heavy atom. The molecule has 2 aliphatic rings. The minimum Gasteiger partial charge on any atom is -0.496 e. The van der Waals surface area contributed by atoms with Gasteiger partial charge in [-0.25, -0.2) is 0 Å². The minimum atomic E-state index is 0.438. The molecule has 8 heteroatoms. The van der Waals surface area contributed by atoms with E-state index in [0.29, 0.717) is 29.9 Å². The zero-order valence-corrected chi connectivity index (χ0v) is 21.8. The van der Waals surface area contributed by atoms with E-state index < -0.39 is 0 Å². The van der Waals surface area contributed by atoms with Crippen LogP contribution >= 0.6 is 0 Å². The standard InChI is InChI=1S/C27H43N7O/c1-4-34-17-9-12-23(34)19-29-26-31-25(28-16-15-21-13-14-24(35-3)20(2)18-21)32-27(33-26)30-22-10-7-5-6-8-11-22/h13-14,18,22-23H,4-12,15-17,19H2,1-3H3,(H3,28,29,30,31,32,33). The summed E-state index contributed by atoms with van der Waals surface area (Å²) in [6, 6.07) is 7.32. The van der Waals surface area contributed by atoms with Gasteiger partial charge < -0.3 is 20.7 Å². The zero-order chi connectivity index (χ0) is 24.5. The molecule has 4 rings (SSSR count). The van der Waals surface area contributed by atoms with Crippen LogP contribution in [0.5, 0.6) is 5.75 Å². The van der Waals surface area contributed by atoms with Crippen LogP contribution in [0.3, 0.4) is 0 Å². The van der Waals surface area contributed by atoms with E-state index in [9.17, 15) is 0 Å². The summed E-state index contributed by atoms with van der Waals surface area (Å²) in [6.07, 6.45) is 10.9. The summed E-state index contributed by atoms with van der Waals surface area (Å²) in [5.41, 5.74) is 2.42. The van der Waals surface area contributed by atoms with E-state index in [1.807, 2.05) is 6.07 Å². The fraction of sp³-hybridized carbons (Fsp3) is 0.667. The third kappa shape index (κ3) is 7.43. The number of likely N-dealkylation sites (tertiary alicyclic amines) is 1. The second-order valence-electron chi connectivity index (χ2n) is 9.93. The average Bonchev–Trinajstić information content (AvgIpc) is 3.17. The zero-order valence-electron chi connectivity index (χ0n) is 21.8. The molecule has 2 aromatic rings. The Morgan fingerprint density at radius 2 is 1.69 bits per heavy atom. The van der Waals surface area contributed by atoms with Gasteiger partial charge in [-0.3, -0.25) is 4.90 Å². The fourth-order valence-electron chi connectivity index (χ4n) is 5.37. The molecule has 0 radical (unpaired) electrons. The van der Waals surface area contributed by atoms with E-state index in [4.69, 9.17) is 19.7 Å². The van der Waals surface area contributed by atoms with E-state index >= 15 is 0 Å². The first kappa shape index (κ1) is 25.5. The van der Waals surface area contributed by atoms with Gasteiger partial charge in [0, 0.05) is 25.2 Å². The molecule has 0 amide bonds. The first-order chi connectivity index (χ1) is 17.1. The van der Waals surface area contributed by atoms with Crippen molar-refractivity contribution in [2.45, 2.75) is 83.7 Å². The van der Waals surface area contributed by atoms with Gasteiger partial charge in [-0.2, -0.15) is 15.0 Å². The van der Waals surface area contributed by atoms with E-state index in [1.165, 1.54) is 63.5 Å². The van der Waals surface area contributed by atoms with E-state index in [1.54, 1.807) is 7.11 Å². The van der Waals surface area contributed by atoms with Crippen molar-refractivity contribution in [2.24, 2.45) is 0 Å². The number of hydrogen-bond acceptors (Lipinski definition) is 8. The molecule has 1 saturated carbocycles. The van der Waals surface area contributed by atoms with Crippen molar-refractivity contribution in [3.63, 3.8) is 0 Å². The van der Waals surface area contributed by atoms with Crippen molar-refractivity contribution in [1.29, 1.82) is 0 Å². The Balaban J connectivity index is 1.41. The molecule has 2 fully saturated rings. The lowest BCUT2D eigenvalue weighted by molar-refractivity contribution is 0.277. The highest BCUT2D eigenvalue weighted by molar-refractivity contribution is 5.43. The number of likely N-dealkylation sites (N-methyl/N-ethyl adjacent to an activating group) is 1. The molecular weight excluding hydrogens is 438 g/mol. The number of aromatic nitrogens is 3. The van der Waals surface area contributed by atoms with Gasteiger partial charge >= 0.3 is 0 Å². The van der Waals surface area contributed by atoms with Crippen molar-refractivity contribution in [2.75, 3.05) is 49.2 Å². The average molecular weight is 482 g/mol. The van der Waals surface area contributed by atoms with Crippen LogP contribution in [0.2, 0.25) is 0 Å². The number of methoxy groups -OCH3 is 1. The highest BCUT2D eigenvalue weighted by Crippen LogP contribution is 2.22. The Morgan fingerprint density at radius 1 is 0.943 bits per heavy atom. The topological polar surface area (TPSA) is 87.2 Å². The molecule has 1 aliphatic heterocycles. The second kappa shape index (κ2) is 12.9. The summed E-state index contributed by atoms with van der Waals surface area (Å²) in [6.45, 7) is 8.22. The molecule has 8 nitrogen and oxygen atoms in total. The largest absolute Gasteiger partial charge is 0.496 e. The Hall–Kier alpha value is -2.61. The summed E-state index contributed by atoms with van der Waals surface area (Å²) in [5, 5.41) is 10.6. The van der Waals surface area contributed by atoms with Crippen molar-refractivity contribution in [3.05, 3.63) is 29.3 Å². The van der Waals surface area contributed by atoms with E-state index in [0.717, 1.165) is 37.4 Å². The molecule has 1 aromatic heterocycles. The van der Waals surface area contributed by atoms with Crippen molar-refractivity contribution >= 4 is 17.8 Å². The molecule has 0 bridgehead atoms. The molecule has 1 aliphatic carbocycles. The summed E-state index contributed by atoms with van der Waals surface area (Å²) in [4.78, 5) is 16.7. The van der Waals surface area contributed by atoms with E-state index in [2.05, 4.69) is 46.8 Å². The number of ether oxygens (including phenoxy) is 1. The highest BCUT2D eigenvalue weighted by Gasteiger charge is 2.23. The van der Waals surface area contributed by atoms with Crippen LogP contribution in [0.25, 0.3) is 0 Å². The lowest BCUT2D eigenvalue weighted by Crippen LogP contribution is -2.35. The minimum absolute atomic E-state index is 0.438. The number of benzene rings is 1. The van der Waals surface area contributed by atoms with Crippen LogP contribution in [0.15, 0.2) is 18.2 Å². The van der Waals surface area contributed by atoms with Crippen LogP contribution in [-0.2, 0) is 6.42 Å². The van der Waals surface area contributed by atoms with Crippen LogP contribution in [-0.4, -0.2) is 65.2 Å². The predicted octanol–water partition coefficient (Wildman–Crippen LogP) is 4.87. The molecule has 1 saturated heterocycles. The van der Waals surface area contributed by atoms with Gasteiger partial charge in [0.1, 0.15) is 5.75 Å². The number of aryl methyl sites for hydroxylation is 1. The summed E-state index contributed by atoms with van der Waals surface area (Å²) in [7, 11) is 1.71. The van der Waals surface area contributed by atoms with Gasteiger partial charge in [0.25, 0.3) is 0 Å². The number of hydrogen-bond donors (Lipinski definition) is 3. The van der Waals surface area contributed by atoms with Gasteiger partial charge in [0.15, 0.2) is 0 Å². The Labute approximate surface area is 210 Å². The van der Waals surface area contributed by atoms with Crippen LogP contribution in [0, 0.1) is 6.92 Å². The summed E-state index contributed by atoms with van der Waals surface area (Å²) >= 11 is 0. The third-order valence-electron chi connectivity index (χ3n) is 7.38. The molecular formula is C27H43N7O. The normalized spacial score (nSPS) is 19.3. The monoisotopic (exact) mass is 481 g/mol. The Kier molecular flexibility index (Phi) is 9.40. The first-order valence-corrected chi connectivity index (χ1v) is 13.5. The number of rotatable bonds is 11. The molecule has 1 unspecified atom stereocenters. The third-order valence-corrected chi connectivity index (χ3v) is 7.38. The van der Waals surface area contributed by atoms with Gasteiger partial charge in [-0.15, -0.1) is 0 Å². The lowest BCUT2D eigenvalue weighted by atomic mass is 10.1. The van der Waals surface area contributed by atoms with Crippen LogP contribution in [0.4, 0.5) is 17.8 Å². The lowest BCUT2D eigenvalue weighted by Gasteiger charge is -2.23. The summed E-state index contributed by atoms with van der Waals surface area (Å²) < 4.78 is 5.38. The maximum Gasteiger partial charge on any atom is 0.229 e. The van der Waals surface area contributed by atoms with Crippen molar-refractivity contribution in [3.8, 4) is 5.75 Å². The number of anilines is 3. The molecule has 35 heavy (non-hydrogen) atoms. The maximum atomic E-state index is 5.38. The molecule has 2 heterocycles. The fourth-order valence-corrected chi connectivity index (χ4v) is 5.37. The van der Waals surface area contributed by atoms with Crippen molar-refractivity contribution < 1.29 is 4.74 Å². The van der Waals surface area contributed by atoms with Gasteiger partial charge in [0.05, 0.1) is 7.11 Å². The van der Waals surface area contributed by atoms with Gasteiger partial charge in [-0.1, -0.05) is 44.7 Å². The number of nitrogens with one attached hydrogen (secondary N) is 3. The molecule has 1 aromatic carbocycles. The number of nitrogens with zero attached hydrogens (tertiary/aromatic N) is 4. The van der Waals surface area contributed by atoms with Crippen LogP contribution < -0.4 is 20.7 Å². The Bertz CT molecular complexity index is 930. The smallest absolute Gasteiger partial charge is 0.229 e. The highest BCUT2D eigenvalue weighted by atomic mass is 16.5. The van der Waals surface area contributed by atoms with Gasteiger partial charge in [0.2, 0.25) is 17.8 Å². The first-order valence-electron chi connectivity index (χ1n) is 13.5. The maximum absolute atomic E-state index is 5.38. The van der Waals surface area contributed by atoms with Gasteiger partial charge in [-0.05, 0) is 69.3 Å². The quantitative estimate of drug-likeness (QED) is 0.392. The van der Waals surface area contributed by atoms with E-state index in [-0.39, 0.29) is 0 Å². The molecule has 3 N–H and O–H groups in total. The van der Waals surface area contributed by atoms with Crippen molar-refractivity contribution in [1.82, 2.24) is 19.9 Å². The molecule has 192 valence electrons. The molecule has 0 spiro atoms. The van der Waals surface area contributed by atoms with Crippen LogP contribution in [0.1, 0.15) is 69.4 Å². The summed E-state index contributed by atoms with van der Waals surface area (Å²) in [5.74, 6) is 2.88. The molecule has 1 atom stereocenters. The SMILES string of the molecule is CCN1CCCC1CNc1nc(NCCc2ccc(OC)c(C)c2)nc(NC2CCCCCC2)n1. The predicted molar refractivity (Wildman–Crippen MR) is 144 cm³/mol. The second-order valence-corrected chi connectivity index (χ2v) is 9.93.